The lowest BCUT2D eigenvalue weighted by molar-refractivity contribution is -0.116. The van der Waals surface area contributed by atoms with Gasteiger partial charge in [-0.05, 0) is 91.8 Å². The van der Waals surface area contributed by atoms with Gasteiger partial charge in [-0.25, -0.2) is 0 Å². The molecule has 1 aromatic carbocycles. The van der Waals surface area contributed by atoms with Gasteiger partial charge >= 0.3 is 0 Å². The topological polar surface area (TPSA) is 43.1 Å². The summed E-state index contributed by atoms with van der Waals surface area (Å²) in [5.74, 6) is 2.54. The zero-order chi connectivity index (χ0) is 16.2. The van der Waals surface area contributed by atoms with E-state index in [2.05, 4.69) is 24.3 Å². The Bertz CT molecular complexity index is 511. The third-order valence-corrected chi connectivity index (χ3v) is 6.53. The second kappa shape index (κ2) is 7.81. The van der Waals surface area contributed by atoms with Crippen LogP contribution in [0.3, 0.4) is 0 Å². The van der Waals surface area contributed by atoms with Crippen LogP contribution in [0.15, 0.2) is 24.3 Å². The molecule has 3 rings (SSSR count). The van der Waals surface area contributed by atoms with Crippen molar-refractivity contribution in [1.82, 2.24) is 0 Å². The van der Waals surface area contributed by atoms with E-state index in [1.807, 2.05) is 0 Å². The highest BCUT2D eigenvalue weighted by Gasteiger charge is 2.32. The lowest BCUT2D eigenvalue weighted by Crippen LogP contribution is -2.26. The standard InChI is InChI=1S/C20H28ClNO/c21-20(23)19-11-9-18(10-12-19)17-7-5-16(6-8-17)15-3-1-14(13-22)2-4-15/h1-4,16-19H,5-13,22H2. The monoisotopic (exact) mass is 333 g/mol. The number of carbonyl (C=O) groups is 1. The number of carbonyl (C=O) groups excluding carboxylic acids is 1. The molecule has 2 nitrogen and oxygen atoms in total. The minimum atomic E-state index is -0.118. The summed E-state index contributed by atoms with van der Waals surface area (Å²) < 4.78 is 0. The van der Waals surface area contributed by atoms with Crippen LogP contribution in [0, 0.1) is 17.8 Å². The van der Waals surface area contributed by atoms with Gasteiger partial charge in [-0.2, -0.15) is 0 Å². The first-order valence-electron chi connectivity index (χ1n) is 9.15. The number of halogens is 1. The Kier molecular flexibility index (Phi) is 5.76. The zero-order valence-electron chi connectivity index (χ0n) is 13.8. The van der Waals surface area contributed by atoms with E-state index in [-0.39, 0.29) is 11.2 Å². The molecule has 3 heteroatoms. The molecule has 2 saturated carbocycles. The summed E-state index contributed by atoms with van der Waals surface area (Å²) in [5.41, 5.74) is 8.38. The molecule has 126 valence electrons. The van der Waals surface area contributed by atoms with E-state index in [1.54, 1.807) is 0 Å². The first-order valence-corrected chi connectivity index (χ1v) is 9.53. The van der Waals surface area contributed by atoms with Gasteiger partial charge in [-0.1, -0.05) is 24.3 Å². The molecule has 0 bridgehead atoms. The molecule has 23 heavy (non-hydrogen) atoms. The predicted molar refractivity (Wildman–Crippen MR) is 95.3 cm³/mol. The van der Waals surface area contributed by atoms with Crippen molar-refractivity contribution >= 4 is 16.8 Å². The molecule has 1 aromatic rings. The van der Waals surface area contributed by atoms with Gasteiger partial charge in [-0.3, -0.25) is 4.79 Å². The Morgan fingerprint density at radius 2 is 1.43 bits per heavy atom. The largest absolute Gasteiger partial charge is 0.326 e. The Balaban J connectivity index is 1.49. The summed E-state index contributed by atoms with van der Waals surface area (Å²) in [6, 6.07) is 8.88. The molecule has 0 heterocycles. The third-order valence-electron chi connectivity index (χ3n) is 6.22. The molecule has 2 N–H and O–H groups in total. The number of benzene rings is 1. The van der Waals surface area contributed by atoms with Crippen LogP contribution in [0.2, 0.25) is 0 Å². The Labute approximate surface area is 144 Å². The molecule has 2 aliphatic carbocycles. The van der Waals surface area contributed by atoms with Gasteiger partial charge in [0.25, 0.3) is 0 Å². The Hall–Kier alpha value is -0.860. The van der Waals surface area contributed by atoms with Crippen LogP contribution >= 0.6 is 11.6 Å². The normalized spacial score (nSPS) is 31.7. The maximum absolute atomic E-state index is 11.3. The molecule has 2 aliphatic rings. The number of rotatable bonds is 4. The van der Waals surface area contributed by atoms with Gasteiger partial charge in [-0.15, -0.1) is 0 Å². The lowest BCUT2D eigenvalue weighted by atomic mass is 9.68. The van der Waals surface area contributed by atoms with Crippen LogP contribution in [0.25, 0.3) is 0 Å². The van der Waals surface area contributed by atoms with Crippen molar-refractivity contribution < 1.29 is 4.79 Å². The first-order chi connectivity index (χ1) is 11.2. The molecule has 0 aliphatic heterocycles. The molecule has 0 unspecified atom stereocenters. The summed E-state index contributed by atoms with van der Waals surface area (Å²) in [6.07, 6.45) is 9.71. The van der Waals surface area contributed by atoms with E-state index in [1.165, 1.54) is 49.7 Å². The number of hydrogen-bond donors (Lipinski definition) is 1. The minimum Gasteiger partial charge on any atom is -0.326 e. The summed E-state index contributed by atoms with van der Waals surface area (Å²) >= 11 is 5.65. The van der Waals surface area contributed by atoms with Crippen molar-refractivity contribution in [2.75, 3.05) is 0 Å². The highest BCUT2D eigenvalue weighted by molar-refractivity contribution is 6.63. The SMILES string of the molecule is NCc1ccc(C2CCC(C3CCC(C(=O)Cl)CC3)CC2)cc1. The van der Waals surface area contributed by atoms with E-state index in [0.717, 1.165) is 30.6 Å². The Morgan fingerprint density at radius 3 is 1.91 bits per heavy atom. The predicted octanol–water partition coefficient (Wildman–Crippen LogP) is 4.99. The molecule has 2 fully saturated rings. The van der Waals surface area contributed by atoms with E-state index < -0.39 is 0 Å². The van der Waals surface area contributed by atoms with E-state index in [9.17, 15) is 4.79 Å². The van der Waals surface area contributed by atoms with E-state index >= 15 is 0 Å². The van der Waals surface area contributed by atoms with Crippen LogP contribution < -0.4 is 5.73 Å². The highest BCUT2D eigenvalue weighted by atomic mass is 35.5. The van der Waals surface area contributed by atoms with Crippen molar-refractivity contribution in [1.29, 1.82) is 0 Å². The molecule has 0 amide bonds. The molecular weight excluding hydrogens is 306 g/mol. The van der Waals surface area contributed by atoms with Crippen LogP contribution in [-0.2, 0) is 11.3 Å². The third kappa shape index (κ3) is 4.16. The van der Waals surface area contributed by atoms with Crippen LogP contribution in [0.5, 0.6) is 0 Å². The lowest BCUT2D eigenvalue weighted by Gasteiger charge is -2.37. The fourth-order valence-corrected chi connectivity index (χ4v) is 4.89. The van der Waals surface area contributed by atoms with Gasteiger partial charge in [0.05, 0.1) is 0 Å². The van der Waals surface area contributed by atoms with Gasteiger partial charge < -0.3 is 5.73 Å². The zero-order valence-corrected chi connectivity index (χ0v) is 14.6. The Morgan fingerprint density at radius 1 is 0.913 bits per heavy atom. The van der Waals surface area contributed by atoms with Crippen LogP contribution in [-0.4, -0.2) is 5.24 Å². The van der Waals surface area contributed by atoms with Crippen LogP contribution in [0.4, 0.5) is 0 Å². The van der Waals surface area contributed by atoms with Crippen molar-refractivity contribution in [2.45, 2.75) is 63.8 Å². The van der Waals surface area contributed by atoms with Gasteiger partial charge in [0.2, 0.25) is 5.24 Å². The van der Waals surface area contributed by atoms with Crippen molar-refractivity contribution in [2.24, 2.45) is 23.5 Å². The smallest absolute Gasteiger partial charge is 0.224 e. The quantitative estimate of drug-likeness (QED) is 0.789. The second-order valence-electron chi connectivity index (χ2n) is 7.47. The van der Waals surface area contributed by atoms with Crippen LogP contribution in [0.1, 0.15) is 68.4 Å². The summed E-state index contributed by atoms with van der Waals surface area (Å²) in [7, 11) is 0. The fraction of sp³-hybridized carbons (Fsp3) is 0.650. The summed E-state index contributed by atoms with van der Waals surface area (Å²) in [6.45, 7) is 0.625. The van der Waals surface area contributed by atoms with Crippen molar-refractivity contribution in [3.05, 3.63) is 35.4 Å². The highest BCUT2D eigenvalue weighted by Crippen LogP contribution is 2.44. The van der Waals surface area contributed by atoms with Crippen molar-refractivity contribution in [3.63, 3.8) is 0 Å². The van der Waals surface area contributed by atoms with Gasteiger partial charge in [0, 0.05) is 12.5 Å². The molecule has 0 radical (unpaired) electrons. The molecular formula is C20H28ClNO. The van der Waals surface area contributed by atoms with Crippen molar-refractivity contribution in [3.8, 4) is 0 Å². The maximum Gasteiger partial charge on any atom is 0.224 e. The molecule has 0 saturated heterocycles. The summed E-state index contributed by atoms with van der Waals surface area (Å²) in [5, 5.41) is -0.118. The maximum atomic E-state index is 11.3. The van der Waals surface area contributed by atoms with Gasteiger partial charge in [0.15, 0.2) is 0 Å². The first kappa shape index (κ1) is 17.0. The van der Waals surface area contributed by atoms with E-state index in [0.29, 0.717) is 6.54 Å². The number of hydrogen-bond acceptors (Lipinski definition) is 2. The minimum absolute atomic E-state index is 0.118. The average Bonchev–Trinajstić information content (AvgIpc) is 2.62. The molecule has 0 spiro atoms. The summed E-state index contributed by atoms with van der Waals surface area (Å²) in [4.78, 5) is 11.3. The number of nitrogens with two attached hydrogens (primary N) is 1. The molecule has 0 atom stereocenters. The van der Waals surface area contributed by atoms with Gasteiger partial charge in [0.1, 0.15) is 0 Å². The second-order valence-corrected chi connectivity index (χ2v) is 7.85. The fourth-order valence-electron chi connectivity index (χ4n) is 4.67. The molecule has 0 aromatic heterocycles. The van der Waals surface area contributed by atoms with E-state index in [4.69, 9.17) is 17.3 Å². The average molecular weight is 334 g/mol.